The molecule has 1 aromatic carbocycles. The van der Waals surface area contributed by atoms with E-state index < -0.39 is 0 Å². The number of fused-ring (bicyclic) bond motifs is 1. The van der Waals surface area contributed by atoms with E-state index in [1.807, 2.05) is 55.7 Å². The van der Waals surface area contributed by atoms with Gasteiger partial charge in [-0.25, -0.2) is 0 Å². The molecule has 1 aliphatic heterocycles. The van der Waals surface area contributed by atoms with E-state index in [1.165, 1.54) is 0 Å². The molecule has 138 valence electrons. The van der Waals surface area contributed by atoms with E-state index in [0.29, 0.717) is 11.3 Å². The number of benzene rings is 1. The average Bonchev–Trinajstić information content (AvgIpc) is 2.76. The van der Waals surface area contributed by atoms with Crippen LogP contribution >= 0.6 is 15.9 Å². The maximum atomic E-state index is 13.1. The average molecular weight is 418 g/mol. The number of halogens is 1. The summed E-state index contributed by atoms with van der Waals surface area (Å²) in [6.45, 7) is 6.42. The first kappa shape index (κ1) is 18.9. The van der Waals surface area contributed by atoms with Crippen LogP contribution in [0.25, 0.3) is 0 Å². The van der Waals surface area contributed by atoms with Crippen LogP contribution < -0.4 is 0 Å². The van der Waals surface area contributed by atoms with Crippen LogP contribution in [0.3, 0.4) is 0 Å². The minimum atomic E-state index is -0.301. The zero-order chi connectivity index (χ0) is 18.8. The van der Waals surface area contributed by atoms with Crippen molar-refractivity contribution in [3.63, 3.8) is 0 Å². The molecule has 0 spiro atoms. The van der Waals surface area contributed by atoms with Gasteiger partial charge in [-0.2, -0.15) is 0 Å². The molecular weight excluding hydrogens is 394 g/mol. The van der Waals surface area contributed by atoms with Gasteiger partial charge in [-0.3, -0.25) is 9.59 Å². The van der Waals surface area contributed by atoms with E-state index in [1.54, 1.807) is 0 Å². The van der Waals surface area contributed by atoms with Crippen LogP contribution in [0.1, 0.15) is 66.3 Å². The Bertz CT molecular complexity index is 821. The van der Waals surface area contributed by atoms with Gasteiger partial charge in [0.25, 0.3) is 0 Å². The molecule has 0 fully saturated rings. The quantitative estimate of drug-likeness (QED) is 0.518. The molecule has 0 radical (unpaired) electrons. The monoisotopic (exact) mass is 417 g/mol. The lowest BCUT2D eigenvalue weighted by atomic mass is 9.99. The smallest absolute Gasteiger partial charge is 0.315 e. The Labute approximate surface area is 162 Å². The zero-order valence-corrected chi connectivity index (χ0v) is 17.0. The second-order valence-electron chi connectivity index (χ2n) is 7.12. The number of ether oxygens (including phenoxy) is 1. The molecular formula is C21H24BrNO3. The molecule has 1 unspecified atom stereocenters. The van der Waals surface area contributed by atoms with Crippen LogP contribution in [0.2, 0.25) is 0 Å². The van der Waals surface area contributed by atoms with Gasteiger partial charge in [-0.1, -0.05) is 22.4 Å². The van der Waals surface area contributed by atoms with Gasteiger partial charge in [0.2, 0.25) is 5.78 Å². The SMILES string of the molecule is Cc1cc2n(c1C(=O)c1ccc(Br)cc1)CCCCC2C(=O)OC(C)C. The maximum absolute atomic E-state index is 13.1. The highest BCUT2D eigenvalue weighted by Crippen LogP contribution is 2.33. The van der Waals surface area contributed by atoms with Crippen LogP contribution in [0.15, 0.2) is 34.8 Å². The van der Waals surface area contributed by atoms with Gasteiger partial charge in [0.15, 0.2) is 0 Å². The first-order valence-corrected chi connectivity index (χ1v) is 9.88. The van der Waals surface area contributed by atoms with E-state index in [0.717, 1.165) is 41.5 Å². The lowest BCUT2D eigenvalue weighted by Crippen LogP contribution is -2.21. The second-order valence-corrected chi connectivity index (χ2v) is 8.04. The minimum absolute atomic E-state index is 0.000808. The van der Waals surface area contributed by atoms with Crippen molar-refractivity contribution in [3.8, 4) is 0 Å². The molecule has 3 rings (SSSR count). The number of carbonyl (C=O) groups is 2. The maximum Gasteiger partial charge on any atom is 0.315 e. The Kier molecular flexibility index (Phi) is 5.66. The summed E-state index contributed by atoms with van der Waals surface area (Å²) in [6, 6.07) is 9.39. The normalized spacial score (nSPS) is 16.9. The Morgan fingerprint density at radius 1 is 1.19 bits per heavy atom. The number of aryl methyl sites for hydroxylation is 1. The van der Waals surface area contributed by atoms with Crippen LogP contribution in [-0.2, 0) is 16.1 Å². The molecule has 1 aromatic heterocycles. The molecule has 0 aliphatic carbocycles. The van der Waals surface area contributed by atoms with Crippen LogP contribution in [0.5, 0.6) is 0 Å². The molecule has 0 N–H and O–H groups in total. The van der Waals surface area contributed by atoms with Gasteiger partial charge in [-0.15, -0.1) is 0 Å². The summed E-state index contributed by atoms with van der Waals surface area (Å²) in [5.74, 6) is -0.493. The summed E-state index contributed by atoms with van der Waals surface area (Å²) in [5.41, 5.74) is 3.16. The molecule has 0 amide bonds. The Morgan fingerprint density at radius 3 is 2.54 bits per heavy atom. The van der Waals surface area contributed by atoms with Gasteiger partial charge in [0, 0.05) is 22.3 Å². The summed E-state index contributed by atoms with van der Waals surface area (Å²) < 4.78 is 8.45. The number of ketones is 1. The van der Waals surface area contributed by atoms with Gasteiger partial charge >= 0.3 is 5.97 Å². The molecule has 0 bridgehead atoms. The van der Waals surface area contributed by atoms with Crippen molar-refractivity contribution < 1.29 is 14.3 Å². The van der Waals surface area contributed by atoms with Crippen LogP contribution in [0, 0.1) is 6.92 Å². The topological polar surface area (TPSA) is 48.3 Å². The van der Waals surface area contributed by atoms with Gasteiger partial charge in [0.05, 0.1) is 17.7 Å². The van der Waals surface area contributed by atoms with Crippen molar-refractivity contribution in [1.82, 2.24) is 4.57 Å². The summed E-state index contributed by atoms with van der Waals surface area (Å²) in [4.78, 5) is 25.7. The highest BCUT2D eigenvalue weighted by Gasteiger charge is 2.31. The summed E-state index contributed by atoms with van der Waals surface area (Å²) in [6.07, 6.45) is 2.53. The van der Waals surface area contributed by atoms with Crippen molar-refractivity contribution in [3.05, 3.63) is 57.3 Å². The third-order valence-corrected chi connectivity index (χ3v) is 5.29. The number of esters is 1. The van der Waals surface area contributed by atoms with Crippen molar-refractivity contribution in [2.75, 3.05) is 0 Å². The molecule has 26 heavy (non-hydrogen) atoms. The van der Waals surface area contributed by atoms with E-state index in [-0.39, 0.29) is 23.8 Å². The molecule has 0 saturated heterocycles. The second kappa shape index (κ2) is 7.78. The summed E-state index contributed by atoms with van der Waals surface area (Å²) in [5, 5.41) is 0. The van der Waals surface area contributed by atoms with E-state index >= 15 is 0 Å². The Morgan fingerprint density at radius 2 is 1.88 bits per heavy atom. The molecule has 2 aromatic rings. The first-order valence-electron chi connectivity index (χ1n) is 9.09. The molecule has 2 heterocycles. The number of carbonyl (C=O) groups excluding carboxylic acids is 2. The van der Waals surface area contributed by atoms with Crippen molar-refractivity contribution in [2.45, 2.75) is 58.6 Å². The van der Waals surface area contributed by atoms with Crippen molar-refractivity contribution in [2.24, 2.45) is 0 Å². The lowest BCUT2D eigenvalue weighted by Gasteiger charge is -2.18. The molecule has 4 nitrogen and oxygen atoms in total. The van der Waals surface area contributed by atoms with Crippen LogP contribution in [0.4, 0.5) is 0 Å². The fraction of sp³-hybridized carbons (Fsp3) is 0.429. The van der Waals surface area contributed by atoms with Gasteiger partial charge in [0.1, 0.15) is 0 Å². The number of aromatic nitrogens is 1. The zero-order valence-electron chi connectivity index (χ0n) is 15.4. The predicted octanol–water partition coefficient (Wildman–Crippen LogP) is 5.01. The molecule has 1 atom stereocenters. The molecule has 0 saturated carbocycles. The summed E-state index contributed by atoms with van der Waals surface area (Å²) >= 11 is 3.40. The van der Waals surface area contributed by atoms with E-state index in [9.17, 15) is 9.59 Å². The number of hydrogen-bond acceptors (Lipinski definition) is 3. The Balaban J connectivity index is 2.01. The molecule has 5 heteroatoms. The largest absolute Gasteiger partial charge is 0.462 e. The highest BCUT2D eigenvalue weighted by molar-refractivity contribution is 9.10. The lowest BCUT2D eigenvalue weighted by molar-refractivity contribution is -0.149. The number of nitrogens with zero attached hydrogens (tertiary/aromatic N) is 1. The number of hydrogen-bond donors (Lipinski definition) is 0. The molecule has 1 aliphatic rings. The predicted molar refractivity (Wildman–Crippen MR) is 105 cm³/mol. The standard InChI is InChI=1S/C21H24BrNO3/c1-13(2)26-21(25)17-6-4-5-11-23-18(17)12-14(3)19(23)20(24)15-7-9-16(22)10-8-15/h7-10,12-13,17H,4-6,11H2,1-3H3. The van der Waals surface area contributed by atoms with E-state index in [2.05, 4.69) is 15.9 Å². The van der Waals surface area contributed by atoms with E-state index in [4.69, 9.17) is 4.74 Å². The van der Waals surface area contributed by atoms with Gasteiger partial charge in [-0.05, 0) is 69.5 Å². The fourth-order valence-electron chi connectivity index (χ4n) is 3.60. The number of rotatable bonds is 4. The Hall–Kier alpha value is -1.88. The minimum Gasteiger partial charge on any atom is -0.462 e. The fourth-order valence-corrected chi connectivity index (χ4v) is 3.86. The third-order valence-electron chi connectivity index (χ3n) is 4.76. The van der Waals surface area contributed by atoms with Gasteiger partial charge < -0.3 is 9.30 Å². The first-order chi connectivity index (χ1) is 12.4. The van der Waals surface area contributed by atoms with Crippen molar-refractivity contribution >= 4 is 27.7 Å². The highest BCUT2D eigenvalue weighted by atomic mass is 79.9. The third kappa shape index (κ3) is 3.78. The van der Waals surface area contributed by atoms with Crippen molar-refractivity contribution in [1.29, 1.82) is 0 Å². The van der Waals surface area contributed by atoms with Crippen LogP contribution in [-0.4, -0.2) is 22.4 Å². The summed E-state index contributed by atoms with van der Waals surface area (Å²) in [7, 11) is 0.